The van der Waals surface area contributed by atoms with Gasteiger partial charge in [-0.3, -0.25) is 0 Å². The van der Waals surface area contributed by atoms with E-state index < -0.39 is 0 Å². The standard InChI is InChI=1S/C15H19N3/c1-12(2)11-18(8-4-7-16)15-6-5-14(10-17)13(3)9-15/h5-6,9,12H,4,8,11H2,1-3H3. The van der Waals surface area contributed by atoms with Crippen LogP contribution in [0, 0.1) is 35.5 Å². The highest BCUT2D eigenvalue weighted by Gasteiger charge is 2.09. The minimum atomic E-state index is 0.520. The molecule has 0 spiro atoms. The normalized spacial score (nSPS) is 9.89. The molecule has 3 heteroatoms. The lowest BCUT2D eigenvalue weighted by Crippen LogP contribution is -2.28. The molecule has 0 unspecified atom stereocenters. The lowest BCUT2D eigenvalue weighted by molar-refractivity contribution is 0.612. The van der Waals surface area contributed by atoms with Crippen LogP contribution in [0.5, 0.6) is 0 Å². The van der Waals surface area contributed by atoms with Gasteiger partial charge in [-0.2, -0.15) is 10.5 Å². The maximum Gasteiger partial charge on any atom is 0.0994 e. The number of hydrogen-bond acceptors (Lipinski definition) is 3. The number of hydrogen-bond donors (Lipinski definition) is 0. The average Bonchev–Trinajstić information content (AvgIpc) is 2.34. The summed E-state index contributed by atoms with van der Waals surface area (Å²) in [5, 5.41) is 17.6. The number of nitriles is 2. The summed E-state index contributed by atoms with van der Waals surface area (Å²) in [6.45, 7) is 7.93. The molecule has 94 valence electrons. The first-order valence-corrected chi connectivity index (χ1v) is 6.21. The second-order valence-electron chi connectivity index (χ2n) is 4.86. The predicted molar refractivity (Wildman–Crippen MR) is 73.2 cm³/mol. The third kappa shape index (κ3) is 3.79. The van der Waals surface area contributed by atoms with Crippen LogP contribution in [-0.4, -0.2) is 13.1 Å². The summed E-state index contributed by atoms with van der Waals surface area (Å²) < 4.78 is 0. The van der Waals surface area contributed by atoms with Gasteiger partial charge in [0.25, 0.3) is 0 Å². The number of rotatable bonds is 5. The fraction of sp³-hybridized carbons (Fsp3) is 0.467. The summed E-state index contributed by atoms with van der Waals surface area (Å²) in [6, 6.07) is 10.2. The summed E-state index contributed by atoms with van der Waals surface area (Å²) in [6.07, 6.45) is 0.520. The van der Waals surface area contributed by atoms with Gasteiger partial charge in [0.2, 0.25) is 0 Å². The smallest absolute Gasteiger partial charge is 0.0994 e. The van der Waals surface area contributed by atoms with Crippen molar-refractivity contribution in [3.8, 4) is 12.1 Å². The van der Waals surface area contributed by atoms with Crippen LogP contribution in [0.4, 0.5) is 5.69 Å². The molecule has 0 heterocycles. The Kier molecular flexibility index (Phi) is 5.21. The van der Waals surface area contributed by atoms with E-state index in [2.05, 4.69) is 30.9 Å². The van der Waals surface area contributed by atoms with Crippen LogP contribution in [-0.2, 0) is 0 Å². The summed E-state index contributed by atoms with van der Waals surface area (Å²) in [4.78, 5) is 2.21. The summed E-state index contributed by atoms with van der Waals surface area (Å²) >= 11 is 0. The molecule has 1 rings (SSSR count). The first kappa shape index (κ1) is 14.1. The van der Waals surface area contributed by atoms with Gasteiger partial charge in [0.1, 0.15) is 0 Å². The molecule has 1 aromatic rings. The zero-order valence-corrected chi connectivity index (χ0v) is 11.3. The lowest BCUT2D eigenvalue weighted by atomic mass is 10.1. The average molecular weight is 241 g/mol. The number of aryl methyl sites for hydroxylation is 1. The highest BCUT2D eigenvalue weighted by atomic mass is 15.1. The number of nitrogens with zero attached hydrogens (tertiary/aromatic N) is 3. The van der Waals surface area contributed by atoms with Crippen LogP contribution < -0.4 is 4.90 Å². The molecule has 3 nitrogen and oxygen atoms in total. The van der Waals surface area contributed by atoms with Gasteiger partial charge >= 0.3 is 0 Å². The van der Waals surface area contributed by atoms with Gasteiger partial charge in [0, 0.05) is 18.8 Å². The fourth-order valence-corrected chi connectivity index (χ4v) is 1.92. The molecule has 0 aliphatic heterocycles. The maximum atomic E-state index is 8.93. The maximum absolute atomic E-state index is 8.93. The van der Waals surface area contributed by atoms with E-state index in [1.165, 1.54) is 0 Å². The number of benzene rings is 1. The van der Waals surface area contributed by atoms with E-state index in [1.807, 2.05) is 25.1 Å². The van der Waals surface area contributed by atoms with Crippen LogP contribution >= 0.6 is 0 Å². The van der Waals surface area contributed by atoms with Gasteiger partial charge in [0.15, 0.2) is 0 Å². The van der Waals surface area contributed by atoms with E-state index in [-0.39, 0.29) is 0 Å². The van der Waals surface area contributed by atoms with Gasteiger partial charge < -0.3 is 4.90 Å². The van der Waals surface area contributed by atoms with E-state index in [9.17, 15) is 0 Å². The lowest BCUT2D eigenvalue weighted by Gasteiger charge is -2.26. The van der Waals surface area contributed by atoms with Crippen molar-refractivity contribution in [2.24, 2.45) is 5.92 Å². The van der Waals surface area contributed by atoms with Crippen molar-refractivity contribution >= 4 is 5.69 Å². The van der Waals surface area contributed by atoms with Crippen molar-refractivity contribution in [1.82, 2.24) is 0 Å². The van der Waals surface area contributed by atoms with E-state index in [4.69, 9.17) is 10.5 Å². The summed E-state index contributed by atoms with van der Waals surface area (Å²) in [5.41, 5.74) is 2.79. The van der Waals surface area contributed by atoms with E-state index >= 15 is 0 Å². The van der Waals surface area contributed by atoms with Gasteiger partial charge in [-0.25, -0.2) is 0 Å². The van der Waals surface area contributed by atoms with Crippen molar-refractivity contribution in [2.45, 2.75) is 27.2 Å². The SMILES string of the molecule is Cc1cc(N(CCC#N)CC(C)C)ccc1C#N. The predicted octanol–water partition coefficient (Wildman–Crippen LogP) is 3.24. The Labute approximate surface area is 109 Å². The Morgan fingerprint density at radius 2 is 2.00 bits per heavy atom. The molecule has 0 amide bonds. The van der Waals surface area contributed by atoms with Crippen LogP contribution in [0.1, 0.15) is 31.4 Å². The van der Waals surface area contributed by atoms with Crippen LogP contribution in [0.15, 0.2) is 18.2 Å². The Hall–Kier alpha value is -2.00. The van der Waals surface area contributed by atoms with E-state index in [0.29, 0.717) is 17.9 Å². The zero-order chi connectivity index (χ0) is 13.5. The Morgan fingerprint density at radius 1 is 1.28 bits per heavy atom. The van der Waals surface area contributed by atoms with Gasteiger partial charge in [-0.05, 0) is 36.6 Å². The second-order valence-corrected chi connectivity index (χ2v) is 4.86. The monoisotopic (exact) mass is 241 g/mol. The molecular formula is C15H19N3. The molecule has 1 aromatic carbocycles. The first-order chi connectivity index (χ1) is 8.58. The largest absolute Gasteiger partial charge is 0.370 e. The molecule has 0 saturated heterocycles. The van der Waals surface area contributed by atoms with Crippen molar-refractivity contribution in [1.29, 1.82) is 10.5 Å². The first-order valence-electron chi connectivity index (χ1n) is 6.21. The topological polar surface area (TPSA) is 50.8 Å². The van der Waals surface area contributed by atoms with Crippen LogP contribution in [0.25, 0.3) is 0 Å². The van der Waals surface area contributed by atoms with Crippen molar-refractivity contribution in [3.05, 3.63) is 29.3 Å². The minimum absolute atomic E-state index is 0.520. The molecule has 0 radical (unpaired) electrons. The van der Waals surface area contributed by atoms with E-state index in [1.54, 1.807) is 0 Å². The molecular weight excluding hydrogens is 222 g/mol. The van der Waals surface area contributed by atoms with Crippen molar-refractivity contribution in [3.63, 3.8) is 0 Å². The molecule has 0 aromatic heterocycles. The highest BCUT2D eigenvalue weighted by molar-refractivity contribution is 5.53. The molecule has 0 bridgehead atoms. The quantitative estimate of drug-likeness (QED) is 0.795. The molecule has 0 aliphatic rings. The zero-order valence-electron chi connectivity index (χ0n) is 11.3. The third-order valence-electron chi connectivity index (χ3n) is 2.77. The van der Waals surface area contributed by atoms with Gasteiger partial charge in [0.05, 0.1) is 24.1 Å². The second kappa shape index (κ2) is 6.67. The van der Waals surface area contributed by atoms with Gasteiger partial charge in [-0.15, -0.1) is 0 Å². The summed E-state index contributed by atoms with van der Waals surface area (Å²) in [7, 11) is 0. The third-order valence-corrected chi connectivity index (χ3v) is 2.77. The van der Waals surface area contributed by atoms with E-state index in [0.717, 1.165) is 24.3 Å². The van der Waals surface area contributed by atoms with Crippen molar-refractivity contribution < 1.29 is 0 Å². The molecule has 0 aliphatic carbocycles. The van der Waals surface area contributed by atoms with Crippen LogP contribution in [0.2, 0.25) is 0 Å². The van der Waals surface area contributed by atoms with Crippen LogP contribution in [0.3, 0.4) is 0 Å². The Balaban J connectivity index is 2.95. The van der Waals surface area contributed by atoms with Gasteiger partial charge in [-0.1, -0.05) is 13.8 Å². The molecule has 18 heavy (non-hydrogen) atoms. The molecule has 0 saturated carbocycles. The Bertz CT molecular complexity index is 477. The molecule has 0 atom stereocenters. The minimum Gasteiger partial charge on any atom is -0.370 e. The molecule has 0 N–H and O–H groups in total. The molecule has 0 fully saturated rings. The number of anilines is 1. The Morgan fingerprint density at radius 3 is 2.50 bits per heavy atom. The fourth-order valence-electron chi connectivity index (χ4n) is 1.92. The summed E-state index contributed by atoms with van der Waals surface area (Å²) in [5.74, 6) is 0.541. The van der Waals surface area contributed by atoms with Crippen molar-refractivity contribution in [2.75, 3.05) is 18.0 Å². The highest BCUT2D eigenvalue weighted by Crippen LogP contribution is 2.20.